The molecule has 4 atom stereocenters. The maximum absolute atomic E-state index is 12.5. The lowest BCUT2D eigenvalue weighted by Crippen LogP contribution is -2.28. The molecule has 3 aliphatic rings. The Labute approximate surface area is 139 Å². The van der Waals surface area contributed by atoms with Crippen molar-refractivity contribution < 1.29 is 19.1 Å². The Hall–Kier alpha value is -2.63. The largest absolute Gasteiger partial charge is 0.493 e. The lowest BCUT2D eigenvalue weighted by molar-refractivity contribution is -0.140. The highest BCUT2D eigenvalue weighted by Crippen LogP contribution is 2.52. The molecular formula is C18H18N2O4. The smallest absolute Gasteiger partial charge is 0.254 e. The van der Waals surface area contributed by atoms with Gasteiger partial charge >= 0.3 is 0 Å². The van der Waals surface area contributed by atoms with E-state index in [2.05, 4.69) is 17.3 Å². The third-order valence-corrected chi connectivity index (χ3v) is 5.18. The normalized spacial score (nSPS) is 30.5. The Bertz CT molecular complexity index is 740. The van der Waals surface area contributed by atoms with Gasteiger partial charge in [-0.15, -0.1) is 0 Å². The van der Waals surface area contributed by atoms with Gasteiger partial charge in [0, 0.05) is 0 Å². The van der Waals surface area contributed by atoms with Crippen LogP contribution in [0.1, 0.15) is 12.0 Å². The highest BCUT2D eigenvalue weighted by molar-refractivity contribution is 6.06. The van der Waals surface area contributed by atoms with Crippen molar-refractivity contribution in [3.05, 3.63) is 35.9 Å². The van der Waals surface area contributed by atoms with E-state index in [4.69, 9.17) is 9.47 Å². The molecule has 0 N–H and O–H groups in total. The highest BCUT2D eigenvalue weighted by atomic mass is 16.5. The van der Waals surface area contributed by atoms with Gasteiger partial charge in [0.2, 0.25) is 0 Å². The lowest BCUT2D eigenvalue weighted by Gasteiger charge is -2.13. The average molecular weight is 326 g/mol. The van der Waals surface area contributed by atoms with Crippen molar-refractivity contribution in [2.75, 3.05) is 14.2 Å². The first-order valence-electron chi connectivity index (χ1n) is 7.96. The van der Waals surface area contributed by atoms with Gasteiger partial charge in [-0.1, -0.05) is 12.2 Å². The van der Waals surface area contributed by atoms with Crippen LogP contribution in [0, 0.1) is 23.7 Å². The Morgan fingerprint density at radius 2 is 1.67 bits per heavy atom. The van der Waals surface area contributed by atoms with Crippen molar-refractivity contribution in [3.63, 3.8) is 0 Å². The van der Waals surface area contributed by atoms with Crippen molar-refractivity contribution in [3.8, 4) is 11.5 Å². The summed E-state index contributed by atoms with van der Waals surface area (Å²) in [5.74, 6) is 0.748. The monoisotopic (exact) mass is 326 g/mol. The van der Waals surface area contributed by atoms with Crippen LogP contribution in [0.25, 0.3) is 0 Å². The molecular weight excluding hydrogens is 308 g/mol. The summed E-state index contributed by atoms with van der Waals surface area (Å²) in [7, 11) is 3.12. The topological polar surface area (TPSA) is 68.2 Å². The number of hydrogen-bond acceptors (Lipinski definition) is 5. The van der Waals surface area contributed by atoms with Crippen molar-refractivity contribution in [2.24, 2.45) is 28.8 Å². The van der Waals surface area contributed by atoms with E-state index in [1.165, 1.54) is 6.21 Å². The Kier molecular flexibility index (Phi) is 3.40. The van der Waals surface area contributed by atoms with Crippen LogP contribution in [0.2, 0.25) is 0 Å². The van der Waals surface area contributed by atoms with Gasteiger partial charge in [0.1, 0.15) is 0 Å². The first-order chi connectivity index (χ1) is 11.6. The number of methoxy groups -OCH3 is 2. The summed E-state index contributed by atoms with van der Waals surface area (Å²) in [6.07, 6.45) is 6.56. The second-order valence-electron chi connectivity index (χ2n) is 6.35. The van der Waals surface area contributed by atoms with E-state index in [0.29, 0.717) is 11.5 Å². The van der Waals surface area contributed by atoms with Gasteiger partial charge in [-0.2, -0.15) is 10.1 Å². The fraction of sp³-hybridized carbons (Fsp3) is 0.389. The van der Waals surface area contributed by atoms with E-state index in [9.17, 15) is 9.59 Å². The van der Waals surface area contributed by atoms with Crippen molar-refractivity contribution in [1.29, 1.82) is 0 Å². The molecule has 1 aromatic carbocycles. The number of benzene rings is 1. The van der Waals surface area contributed by atoms with Gasteiger partial charge in [0.15, 0.2) is 11.5 Å². The fourth-order valence-corrected chi connectivity index (χ4v) is 4.06. The summed E-state index contributed by atoms with van der Waals surface area (Å²) >= 11 is 0. The third-order valence-electron chi connectivity index (χ3n) is 5.18. The maximum atomic E-state index is 12.5. The van der Waals surface area contributed by atoms with Gasteiger partial charge < -0.3 is 9.47 Å². The van der Waals surface area contributed by atoms with E-state index >= 15 is 0 Å². The van der Waals surface area contributed by atoms with Crippen LogP contribution in [0.15, 0.2) is 35.5 Å². The predicted molar refractivity (Wildman–Crippen MR) is 86.7 cm³/mol. The Balaban J connectivity index is 1.57. The number of carbonyl (C=O) groups excluding carboxylic acids is 2. The highest BCUT2D eigenvalue weighted by Gasteiger charge is 2.59. The molecule has 2 amide bonds. The SMILES string of the molecule is COc1ccc(/C=N\N2C(=O)[C@@H]3[C@@H](C2=O)[C@H]2C=C[C@@H]3C2)cc1OC. The van der Waals surface area contributed by atoms with E-state index < -0.39 is 0 Å². The lowest BCUT2D eigenvalue weighted by atomic mass is 9.85. The van der Waals surface area contributed by atoms with Gasteiger partial charge in [0.05, 0.1) is 32.3 Å². The summed E-state index contributed by atoms with van der Waals surface area (Å²) in [6, 6.07) is 5.30. The molecule has 1 aromatic rings. The number of amides is 2. The second-order valence-corrected chi connectivity index (χ2v) is 6.35. The fourth-order valence-electron chi connectivity index (χ4n) is 4.06. The molecule has 6 heteroatoms. The molecule has 0 spiro atoms. The van der Waals surface area contributed by atoms with Crippen LogP contribution in [-0.4, -0.2) is 37.3 Å². The molecule has 24 heavy (non-hydrogen) atoms. The average Bonchev–Trinajstić information content (AvgIpc) is 3.27. The molecule has 1 saturated heterocycles. The molecule has 0 radical (unpaired) electrons. The molecule has 0 aromatic heterocycles. The van der Waals surface area contributed by atoms with Crippen LogP contribution in [0.3, 0.4) is 0 Å². The molecule has 1 heterocycles. The third kappa shape index (κ3) is 2.06. The van der Waals surface area contributed by atoms with Crippen molar-refractivity contribution in [2.45, 2.75) is 6.42 Å². The quantitative estimate of drug-likeness (QED) is 0.481. The summed E-state index contributed by atoms with van der Waals surface area (Å²) in [6.45, 7) is 0. The summed E-state index contributed by atoms with van der Waals surface area (Å²) in [5, 5.41) is 5.19. The molecule has 1 saturated carbocycles. The Morgan fingerprint density at radius 3 is 2.25 bits per heavy atom. The first kappa shape index (κ1) is 14.9. The minimum Gasteiger partial charge on any atom is -0.493 e. The van der Waals surface area contributed by atoms with Crippen LogP contribution in [-0.2, 0) is 9.59 Å². The number of ether oxygens (including phenoxy) is 2. The number of hydrogen-bond donors (Lipinski definition) is 0. The van der Waals surface area contributed by atoms with Gasteiger partial charge in [-0.25, -0.2) is 0 Å². The standard InChI is InChI=1S/C18H18N2O4/c1-23-13-6-3-10(7-14(13)24-2)9-19-20-17(21)15-11-4-5-12(8-11)16(15)18(20)22/h3-7,9,11-12,15-16H,8H2,1-2H3/b19-9-/t11-,12+,15-,16-/m0/s1. The predicted octanol–water partition coefficient (Wildman–Crippen LogP) is 1.84. The summed E-state index contributed by atoms with van der Waals surface area (Å²) in [5.41, 5.74) is 0.728. The molecule has 2 aliphatic carbocycles. The summed E-state index contributed by atoms with van der Waals surface area (Å²) in [4.78, 5) is 25.1. The molecule has 6 nitrogen and oxygen atoms in total. The maximum Gasteiger partial charge on any atom is 0.254 e. The van der Waals surface area contributed by atoms with Crippen LogP contribution in [0.5, 0.6) is 11.5 Å². The second kappa shape index (κ2) is 5.47. The zero-order valence-electron chi connectivity index (χ0n) is 13.5. The van der Waals surface area contributed by atoms with Crippen LogP contribution >= 0.6 is 0 Å². The number of imide groups is 1. The first-order valence-corrected chi connectivity index (χ1v) is 7.96. The molecule has 1 aliphatic heterocycles. The van der Waals surface area contributed by atoms with Crippen LogP contribution < -0.4 is 9.47 Å². The van der Waals surface area contributed by atoms with Crippen LogP contribution in [0.4, 0.5) is 0 Å². The molecule has 2 bridgehead atoms. The molecule has 0 unspecified atom stereocenters. The number of nitrogens with zero attached hydrogens (tertiary/aromatic N) is 2. The number of rotatable bonds is 4. The number of fused-ring (bicyclic) bond motifs is 5. The van der Waals surface area contributed by atoms with E-state index in [-0.39, 0.29) is 35.5 Å². The van der Waals surface area contributed by atoms with Gasteiger partial charge in [-0.05, 0) is 42.0 Å². The zero-order chi connectivity index (χ0) is 16.8. The van der Waals surface area contributed by atoms with Gasteiger partial charge in [-0.3, -0.25) is 9.59 Å². The Morgan fingerprint density at radius 1 is 1.04 bits per heavy atom. The minimum absolute atomic E-state index is 0.182. The summed E-state index contributed by atoms with van der Waals surface area (Å²) < 4.78 is 10.4. The van der Waals surface area contributed by atoms with Gasteiger partial charge in [0.25, 0.3) is 11.8 Å². The molecule has 4 rings (SSSR count). The van der Waals surface area contributed by atoms with E-state index in [1.807, 2.05) is 0 Å². The molecule has 2 fully saturated rings. The van der Waals surface area contributed by atoms with Crippen molar-refractivity contribution >= 4 is 18.0 Å². The number of allylic oxidation sites excluding steroid dienone is 2. The zero-order valence-corrected chi connectivity index (χ0v) is 13.5. The van der Waals surface area contributed by atoms with Crippen molar-refractivity contribution in [1.82, 2.24) is 5.01 Å². The molecule has 124 valence electrons. The minimum atomic E-state index is -0.227. The van der Waals surface area contributed by atoms with E-state index in [1.54, 1.807) is 32.4 Å². The number of hydrazone groups is 1. The number of carbonyl (C=O) groups is 2. The van der Waals surface area contributed by atoms with E-state index in [0.717, 1.165) is 17.0 Å².